The molecule has 15 heavy (non-hydrogen) atoms. The van der Waals surface area contributed by atoms with Crippen LogP contribution in [0.5, 0.6) is 0 Å². The Labute approximate surface area is 88.7 Å². The topological polar surface area (TPSA) is 37.4 Å². The maximum atomic E-state index is 11.8. The highest BCUT2D eigenvalue weighted by Gasteiger charge is 2.13. The van der Waals surface area contributed by atoms with Crippen molar-refractivity contribution >= 4 is 12.2 Å². The Hall–Kier alpha value is -2.08. The van der Waals surface area contributed by atoms with Crippen molar-refractivity contribution in [3.05, 3.63) is 35.4 Å². The van der Waals surface area contributed by atoms with E-state index in [4.69, 9.17) is 6.42 Å². The third kappa shape index (κ3) is 2.44. The van der Waals surface area contributed by atoms with Crippen LogP contribution in [0.1, 0.15) is 20.7 Å². The van der Waals surface area contributed by atoms with E-state index in [1.54, 1.807) is 31.3 Å². The smallest absolute Gasteiger partial charge is 0.255 e. The molecule has 3 heteroatoms. The Kier molecular flexibility index (Phi) is 3.64. The monoisotopic (exact) mass is 201 g/mol. The van der Waals surface area contributed by atoms with Crippen LogP contribution in [0.15, 0.2) is 24.3 Å². The van der Waals surface area contributed by atoms with Gasteiger partial charge in [-0.2, -0.15) is 0 Å². The van der Waals surface area contributed by atoms with Crippen molar-refractivity contribution in [2.75, 3.05) is 13.6 Å². The summed E-state index contributed by atoms with van der Waals surface area (Å²) in [6.07, 6.45) is 5.77. The van der Waals surface area contributed by atoms with Gasteiger partial charge in [0.1, 0.15) is 0 Å². The van der Waals surface area contributed by atoms with Crippen LogP contribution in [-0.4, -0.2) is 30.7 Å². The number of terminal acetylenes is 1. The van der Waals surface area contributed by atoms with Gasteiger partial charge in [0.2, 0.25) is 0 Å². The zero-order valence-corrected chi connectivity index (χ0v) is 8.43. The molecule has 1 rings (SSSR count). The minimum Gasteiger partial charge on any atom is -0.331 e. The average Bonchev–Trinajstić information content (AvgIpc) is 2.28. The molecule has 0 aromatic heterocycles. The lowest BCUT2D eigenvalue weighted by Crippen LogP contribution is -2.27. The summed E-state index contributed by atoms with van der Waals surface area (Å²) < 4.78 is 0. The van der Waals surface area contributed by atoms with Crippen molar-refractivity contribution in [3.63, 3.8) is 0 Å². The maximum absolute atomic E-state index is 11.8. The largest absolute Gasteiger partial charge is 0.331 e. The van der Waals surface area contributed by atoms with Gasteiger partial charge in [-0.3, -0.25) is 9.59 Å². The standard InChI is InChI=1S/C12H11NO2/c1-3-8-13(2)12(15)11-7-5-4-6-10(11)9-14/h1,4-7,9H,8H2,2H3. The van der Waals surface area contributed by atoms with Crippen LogP contribution in [0, 0.1) is 12.3 Å². The first-order valence-corrected chi connectivity index (χ1v) is 4.44. The fraction of sp³-hybridized carbons (Fsp3) is 0.167. The molecular formula is C12H11NO2. The van der Waals surface area contributed by atoms with E-state index < -0.39 is 0 Å². The second-order valence-corrected chi connectivity index (χ2v) is 3.07. The van der Waals surface area contributed by atoms with E-state index in [1.807, 2.05) is 0 Å². The van der Waals surface area contributed by atoms with Crippen molar-refractivity contribution in [2.24, 2.45) is 0 Å². The number of hydrogen-bond acceptors (Lipinski definition) is 2. The molecule has 76 valence electrons. The minimum absolute atomic E-state index is 0.228. The average molecular weight is 201 g/mol. The lowest BCUT2D eigenvalue weighted by molar-refractivity contribution is 0.0809. The summed E-state index contributed by atoms with van der Waals surface area (Å²) in [6, 6.07) is 6.63. The molecule has 0 spiro atoms. The molecular weight excluding hydrogens is 190 g/mol. The first-order chi connectivity index (χ1) is 7.20. The van der Waals surface area contributed by atoms with Gasteiger partial charge in [0.05, 0.1) is 12.1 Å². The Morgan fingerprint density at radius 3 is 2.80 bits per heavy atom. The SMILES string of the molecule is C#CCN(C)C(=O)c1ccccc1C=O. The molecule has 0 aliphatic rings. The van der Waals surface area contributed by atoms with Crippen LogP contribution in [-0.2, 0) is 0 Å². The molecule has 0 aliphatic heterocycles. The normalized spacial score (nSPS) is 9.07. The molecule has 0 fully saturated rings. The van der Waals surface area contributed by atoms with E-state index in [-0.39, 0.29) is 12.5 Å². The Bertz CT molecular complexity index is 418. The molecule has 0 heterocycles. The van der Waals surface area contributed by atoms with E-state index in [9.17, 15) is 9.59 Å². The molecule has 0 bridgehead atoms. The van der Waals surface area contributed by atoms with Crippen molar-refractivity contribution in [2.45, 2.75) is 0 Å². The van der Waals surface area contributed by atoms with Crippen molar-refractivity contribution in [3.8, 4) is 12.3 Å². The molecule has 0 radical (unpaired) electrons. The number of aldehydes is 1. The molecule has 0 atom stereocenters. The van der Waals surface area contributed by atoms with Gasteiger partial charge in [-0.15, -0.1) is 6.42 Å². The van der Waals surface area contributed by atoms with Crippen LogP contribution >= 0.6 is 0 Å². The van der Waals surface area contributed by atoms with Gasteiger partial charge < -0.3 is 4.90 Å². The lowest BCUT2D eigenvalue weighted by atomic mass is 10.1. The van der Waals surface area contributed by atoms with Gasteiger partial charge in [0.15, 0.2) is 6.29 Å². The van der Waals surface area contributed by atoms with E-state index in [0.717, 1.165) is 0 Å². The third-order valence-corrected chi connectivity index (χ3v) is 1.99. The number of benzene rings is 1. The summed E-state index contributed by atoms with van der Waals surface area (Å²) in [6.45, 7) is 0.228. The van der Waals surface area contributed by atoms with Gasteiger partial charge in [0, 0.05) is 12.6 Å². The van der Waals surface area contributed by atoms with Crippen molar-refractivity contribution < 1.29 is 9.59 Å². The zero-order chi connectivity index (χ0) is 11.3. The number of carbonyl (C=O) groups is 2. The maximum Gasteiger partial charge on any atom is 0.255 e. The van der Waals surface area contributed by atoms with Gasteiger partial charge in [-0.1, -0.05) is 24.1 Å². The number of rotatable bonds is 3. The highest BCUT2D eigenvalue weighted by molar-refractivity contribution is 6.01. The van der Waals surface area contributed by atoms with Gasteiger partial charge >= 0.3 is 0 Å². The van der Waals surface area contributed by atoms with E-state index in [0.29, 0.717) is 17.4 Å². The summed E-state index contributed by atoms with van der Waals surface area (Å²) in [5.74, 6) is 2.13. The first kappa shape index (κ1) is 11.0. The highest BCUT2D eigenvalue weighted by atomic mass is 16.2. The Balaban J connectivity index is 3.01. The van der Waals surface area contributed by atoms with Crippen LogP contribution in [0.4, 0.5) is 0 Å². The summed E-state index contributed by atoms with van der Waals surface area (Å²) in [5, 5.41) is 0. The summed E-state index contributed by atoms with van der Waals surface area (Å²) in [4.78, 5) is 23.9. The first-order valence-electron chi connectivity index (χ1n) is 4.44. The molecule has 3 nitrogen and oxygen atoms in total. The van der Waals surface area contributed by atoms with Crippen LogP contribution in [0.2, 0.25) is 0 Å². The molecule has 1 aromatic rings. The number of hydrogen-bond donors (Lipinski definition) is 0. The lowest BCUT2D eigenvalue weighted by Gasteiger charge is -2.14. The molecule has 1 aromatic carbocycles. The Morgan fingerprint density at radius 1 is 1.53 bits per heavy atom. The number of carbonyl (C=O) groups excluding carboxylic acids is 2. The fourth-order valence-electron chi connectivity index (χ4n) is 1.21. The third-order valence-electron chi connectivity index (χ3n) is 1.99. The Morgan fingerprint density at radius 2 is 2.20 bits per heavy atom. The fourth-order valence-corrected chi connectivity index (χ4v) is 1.21. The molecule has 0 saturated heterocycles. The predicted molar refractivity (Wildman–Crippen MR) is 57.6 cm³/mol. The summed E-state index contributed by atoms with van der Waals surface area (Å²) in [5.41, 5.74) is 0.761. The van der Waals surface area contributed by atoms with Crippen molar-refractivity contribution in [1.82, 2.24) is 4.90 Å². The van der Waals surface area contributed by atoms with Gasteiger partial charge in [0.25, 0.3) is 5.91 Å². The van der Waals surface area contributed by atoms with Crippen LogP contribution in [0.25, 0.3) is 0 Å². The second-order valence-electron chi connectivity index (χ2n) is 3.07. The van der Waals surface area contributed by atoms with Crippen LogP contribution < -0.4 is 0 Å². The van der Waals surface area contributed by atoms with Gasteiger partial charge in [-0.05, 0) is 6.07 Å². The van der Waals surface area contributed by atoms with E-state index in [2.05, 4.69) is 5.92 Å². The number of nitrogens with zero attached hydrogens (tertiary/aromatic N) is 1. The predicted octanol–water partition coefficient (Wildman–Crippen LogP) is 1.20. The number of amides is 1. The summed E-state index contributed by atoms with van der Waals surface area (Å²) >= 11 is 0. The van der Waals surface area contributed by atoms with Gasteiger partial charge in [-0.25, -0.2) is 0 Å². The molecule has 0 aliphatic carbocycles. The summed E-state index contributed by atoms with van der Waals surface area (Å²) in [7, 11) is 1.60. The highest BCUT2D eigenvalue weighted by Crippen LogP contribution is 2.08. The molecule has 0 saturated carbocycles. The molecule has 1 amide bonds. The van der Waals surface area contributed by atoms with E-state index >= 15 is 0 Å². The molecule has 0 N–H and O–H groups in total. The zero-order valence-electron chi connectivity index (χ0n) is 8.43. The molecule has 0 unspecified atom stereocenters. The quantitative estimate of drug-likeness (QED) is 0.544. The van der Waals surface area contributed by atoms with E-state index in [1.165, 1.54) is 4.90 Å². The van der Waals surface area contributed by atoms with Crippen LogP contribution in [0.3, 0.4) is 0 Å². The second kappa shape index (κ2) is 4.97. The van der Waals surface area contributed by atoms with Crippen molar-refractivity contribution in [1.29, 1.82) is 0 Å². The minimum atomic E-state index is -0.240.